The van der Waals surface area contributed by atoms with Crippen LogP contribution in [0.3, 0.4) is 0 Å². The van der Waals surface area contributed by atoms with E-state index in [2.05, 4.69) is 5.32 Å². The van der Waals surface area contributed by atoms with Gasteiger partial charge in [0.25, 0.3) is 0 Å². The number of aromatic hydroxyl groups is 1. The van der Waals surface area contributed by atoms with Gasteiger partial charge in [-0.05, 0) is 31.0 Å². The molecule has 104 valence electrons. The number of halogens is 1. The summed E-state index contributed by atoms with van der Waals surface area (Å²) in [4.78, 5) is 13.5. The Morgan fingerprint density at radius 3 is 2.74 bits per heavy atom. The van der Waals surface area contributed by atoms with Crippen molar-refractivity contribution in [1.82, 2.24) is 5.32 Å². The van der Waals surface area contributed by atoms with E-state index in [-0.39, 0.29) is 17.8 Å². The average molecular weight is 283 g/mol. The summed E-state index contributed by atoms with van der Waals surface area (Å²) in [6, 6.07) is 4.70. The average Bonchev–Trinajstić information content (AvgIpc) is 2.42. The molecule has 1 saturated carbocycles. The molecule has 1 aromatic carbocycles. The van der Waals surface area contributed by atoms with E-state index in [0.29, 0.717) is 10.7 Å². The lowest BCUT2D eigenvalue weighted by atomic mass is 9.96. The second-order valence-electron chi connectivity index (χ2n) is 4.98. The largest absolute Gasteiger partial charge is 0.506 e. The Hall–Kier alpha value is -1.42. The minimum absolute atomic E-state index is 0.0469. The van der Waals surface area contributed by atoms with Gasteiger partial charge in [0.05, 0.1) is 5.69 Å². The molecular formula is C14H19ClN2O2. The minimum atomic E-state index is -0.204. The molecule has 5 heteroatoms. The van der Waals surface area contributed by atoms with Gasteiger partial charge >= 0.3 is 6.03 Å². The zero-order valence-corrected chi connectivity index (χ0v) is 11.8. The zero-order chi connectivity index (χ0) is 13.8. The Labute approximate surface area is 118 Å². The van der Waals surface area contributed by atoms with E-state index in [1.54, 1.807) is 19.2 Å². The molecule has 0 bridgehead atoms. The van der Waals surface area contributed by atoms with Crippen LogP contribution in [0.2, 0.25) is 5.02 Å². The highest BCUT2D eigenvalue weighted by atomic mass is 35.5. The topological polar surface area (TPSA) is 52.6 Å². The fourth-order valence-corrected chi connectivity index (χ4v) is 2.56. The van der Waals surface area contributed by atoms with Crippen molar-refractivity contribution < 1.29 is 9.90 Å². The Morgan fingerprint density at radius 2 is 2.05 bits per heavy atom. The van der Waals surface area contributed by atoms with Crippen LogP contribution in [0.1, 0.15) is 32.1 Å². The Bertz CT molecular complexity index is 459. The Kier molecular flexibility index (Phi) is 4.53. The van der Waals surface area contributed by atoms with Crippen LogP contribution in [0.4, 0.5) is 10.5 Å². The fourth-order valence-electron chi connectivity index (χ4n) is 2.39. The van der Waals surface area contributed by atoms with E-state index < -0.39 is 0 Å². The third-order valence-electron chi connectivity index (χ3n) is 3.54. The predicted octanol–water partition coefficient (Wildman–Crippen LogP) is 3.52. The summed E-state index contributed by atoms with van der Waals surface area (Å²) in [5.74, 6) is 0.0469. The normalized spacial score (nSPS) is 16.1. The molecule has 0 spiro atoms. The van der Waals surface area contributed by atoms with Crippen LogP contribution in [-0.4, -0.2) is 24.2 Å². The lowest BCUT2D eigenvalue weighted by Gasteiger charge is -2.26. The molecule has 0 heterocycles. The van der Waals surface area contributed by atoms with Crippen LogP contribution in [-0.2, 0) is 0 Å². The van der Waals surface area contributed by atoms with Gasteiger partial charge in [-0.2, -0.15) is 0 Å². The lowest BCUT2D eigenvalue weighted by Crippen LogP contribution is -2.44. The van der Waals surface area contributed by atoms with Crippen molar-refractivity contribution >= 4 is 23.3 Å². The minimum Gasteiger partial charge on any atom is -0.506 e. The first kappa shape index (κ1) is 14.0. The van der Waals surface area contributed by atoms with E-state index in [9.17, 15) is 9.90 Å². The Morgan fingerprint density at radius 1 is 1.37 bits per heavy atom. The molecule has 0 unspecified atom stereocenters. The Balaban J connectivity index is 2.03. The number of carbonyl (C=O) groups excluding carboxylic acids is 1. The number of urea groups is 1. The maximum absolute atomic E-state index is 12.1. The molecule has 1 aliphatic rings. The number of phenolic OH excluding ortho intramolecular Hbond substituents is 1. The predicted molar refractivity (Wildman–Crippen MR) is 76.9 cm³/mol. The third kappa shape index (κ3) is 3.53. The van der Waals surface area contributed by atoms with Gasteiger partial charge in [-0.15, -0.1) is 0 Å². The number of hydrogen-bond acceptors (Lipinski definition) is 2. The van der Waals surface area contributed by atoms with Crippen molar-refractivity contribution in [2.75, 3.05) is 11.9 Å². The fraction of sp³-hybridized carbons (Fsp3) is 0.500. The van der Waals surface area contributed by atoms with Crippen molar-refractivity contribution in [3.05, 3.63) is 23.2 Å². The first-order valence-corrected chi connectivity index (χ1v) is 6.98. The summed E-state index contributed by atoms with van der Waals surface area (Å²) < 4.78 is 0. The van der Waals surface area contributed by atoms with Gasteiger partial charge in [-0.1, -0.05) is 30.9 Å². The maximum Gasteiger partial charge on any atom is 0.321 e. The number of nitrogens with zero attached hydrogens (tertiary/aromatic N) is 1. The highest BCUT2D eigenvalue weighted by Crippen LogP contribution is 2.29. The first-order valence-electron chi connectivity index (χ1n) is 6.60. The number of phenols is 1. The van der Waals surface area contributed by atoms with Gasteiger partial charge in [0.1, 0.15) is 5.75 Å². The number of carbonyl (C=O) groups is 1. The van der Waals surface area contributed by atoms with Gasteiger partial charge in [0, 0.05) is 18.1 Å². The summed E-state index contributed by atoms with van der Waals surface area (Å²) in [5.41, 5.74) is 0.417. The number of benzene rings is 1. The molecular weight excluding hydrogens is 264 g/mol. The molecule has 2 N–H and O–H groups in total. The van der Waals surface area contributed by atoms with Crippen molar-refractivity contribution in [3.63, 3.8) is 0 Å². The van der Waals surface area contributed by atoms with Crippen LogP contribution in [0.15, 0.2) is 18.2 Å². The van der Waals surface area contributed by atoms with Gasteiger partial charge in [0.15, 0.2) is 0 Å². The van der Waals surface area contributed by atoms with Crippen LogP contribution in [0, 0.1) is 0 Å². The van der Waals surface area contributed by atoms with Gasteiger partial charge in [-0.25, -0.2) is 4.79 Å². The molecule has 0 aliphatic heterocycles. The molecule has 19 heavy (non-hydrogen) atoms. The molecule has 0 saturated heterocycles. The maximum atomic E-state index is 12.1. The second-order valence-corrected chi connectivity index (χ2v) is 5.41. The van der Waals surface area contributed by atoms with E-state index in [4.69, 9.17) is 11.6 Å². The molecule has 0 atom stereocenters. The zero-order valence-electron chi connectivity index (χ0n) is 11.0. The molecule has 2 amide bonds. The van der Waals surface area contributed by atoms with Crippen molar-refractivity contribution in [1.29, 1.82) is 0 Å². The van der Waals surface area contributed by atoms with Gasteiger partial charge in [0.2, 0.25) is 0 Å². The van der Waals surface area contributed by atoms with E-state index in [0.717, 1.165) is 25.7 Å². The van der Waals surface area contributed by atoms with Crippen LogP contribution in [0.25, 0.3) is 0 Å². The standard InChI is InChI=1S/C14H19ClN2O2/c1-17(12-9-10(15)7-8-13(12)18)14(19)16-11-5-3-2-4-6-11/h7-9,11,18H,2-6H2,1H3,(H,16,19). The van der Waals surface area contributed by atoms with E-state index >= 15 is 0 Å². The highest BCUT2D eigenvalue weighted by Gasteiger charge is 2.20. The van der Waals surface area contributed by atoms with Gasteiger partial charge < -0.3 is 10.4 Å². The van der Waals surface area contributed by atoms with Crippen molar-refractivity contribution in [3.8, 4) is 5.75 Å². The molecule has 0 aromatic heterocycles. The summed E-state index contributed by atoms with van der Waals surface area (Å²) in [5, 5.41) is 13.3. The van der Waals surface area contributed by atoms with Gasteiger partial charge in [-0.3, -0.25) is 4.90 Å². The number of anilines is 1. The van der Waals surface area contributed by atoms with Crippen LogP contribution in [0.5, 0.6) is 5.75 Å². The summed E-state index contributed by atoms with van der Waals surface area (Å²) in [6.07, 6.45) is 5.63. The number of nitrogens with one attached hydrogen (secondary N) is 1. The molecule has 1 aromatic rings. The first-order chi connectivity index (χ1) is 9.08. The summed E-state index contributed by atoms with van der Waals surface area (Å²) in [7, 11) is 1.63. The smallest absolute Gasteiger partial charge is 0.321 e. The molecule has 2 rings (SSSR count). The summed E-state index contributed by atoms with van der Waals surface area (Å²) in [6.45, 7) is 0. The van der Waals surface area contributed by atoms with Crippen molar-refractivity contribution in [2.24, 2.45) is 0 Å². The van der Waals surface area contributed by atoms with Crippen LogP contribution < -0.4 is 10.2 Å². The molecule has 1 fully saturated rings. The second kappa shape index (κ2) is 6.15. The third-order valence-corrected chi connectivity index (χ3v) is 3.77. The SMILES string of the molecule is CN(C(=O)NC1CCCCC1)c1cc(Cl)ccc1O. The molecule has 1 aliphatic carbocycles. The monoisotopic (exact) mass is 282 g/mol. The lowest BCUT2D eigenvalue weighted by molar-refractivity contribution is 0.239. The molecule has 0 radical (unpaired) electrons. The van der Waals surface area contributed by atoms with E-state index in [1.165, 1.54) is 17.4 Å². The number of rotatable bonds is 2. The molecule has 4 nitrogen and oxygen atoms in total. The van der Waals surface area contributed by atoms with E-state index in [1.807, 2.05) is 0 Å². The van der Waals surface area contributed by atoms with Crippen LogP contribution >= 0.6 is 11.6 Å². The highest BCUT2D eigenvalue weighted by molar-refractivity contribution is 6.31. The van der Waals surface area contributed by atoms with Crippen molar-refractivity contribution in [2.45, 2.75) is 38.1 Å². The summed E-state index contributed by atoms with van der Waals surface area (Å²) >= 11 is 5.89. The number of hydrogen-bond donors (Lipinski definition) is 2. The quantitative estimate of drug-likeness (QED) is 0.872. The number of amides is 2.